The molecule has 0 aliphatic carbocycles. The molecule has 31 heavy (non-hydrogen) atoms. The van der Waals surface area contributed by atoms with E-state index < -0.39 is 23.8 Å². The lowest BCUT2D eigenvalue weighted by atomic mass is 9.97. The van der Waals surface area contributed by atoms with Gasteiger partial charge < -0.3 is 14.6 Å². The number of ether oxygens (including phenoxy) is 2. The molecule has 0 aromatic carbocycles. The van der Waals surface area contributed by atoms with E-state index in [0.29, 0.717) is 6.42 Å². The number of aliphatic carboxylic acids is 1. The van der Waals surface area contributed by atoms with Gasteiger partial charge >= 0.3 is 17.9 Å². The van der Waals surface area contributed by atoms with Gasteiger partial charge in [-0.05, 0) is 6.42 Å². The van der Waals surface area contributed by atoms with Crippen LogP contribution in [0.5, 0.6) is 0 Å². The van der Waals surface area contributed by atoms with Crippen LogP contribution in [0.3, 0.4) is 0 Å². The van der Waals surface area contributed by atoms with Crippen molar-refractivity contribution in [2.24, 2.45) is 5.92 Å². The molecule has 6 heteroatoms. The van der Waals surface area contributed by atoms with Crippen molar-refractivity contribution in [3.05, 3.63) is 12.7 Å². The smallest absolute Gasteiger partial charge is 0.330 e. The molecule has 1 atom stereocenters. The van der Waals surface area contributed by atoms with Gasteiger partial charge in [0.05, 0.1) is 12.3 Å². The van der Waals surface area contributed by atoms with E-state index in [0.717, 1.165) is 25.3 Å². The first-order valence-corrected chi connectivity index (χ1v) is 12.2. The Labute approximate surface area is 188 Å². The maximum atomic E-state index is 12.1. The fourth-order valence-electron chi connectivity index (χ4n) is 3.56. The van der Waals surface area contributed by atoms with Gasteiger partial charge in [0, 0.05) is 6.08 Å². The first-order chi connectivity index (χ1) is 15.0. The van der Waals surface area contributed by atoms with E-state index in [9.17, 15) is 14.4 Å². The molecule has 0 radical (unpaired) electrons. The van der Waals surface area contributed by atoms with Gasteiger partial charge in [-0.2, -0.15) is 0 Å². The zero-order valence-electron chi connectivity index (χ0n) is 19.6. The molecule has 1 unspecified atom stereocenters. The second-order valence-electron chi connectivity index (χ2n) is 8.22. The fourth-order valence-corrected chi connectivity index (χ4v) is 3.56. The molecular formula is C25H44O6. The first kappa shape index (κ1) is 29.1. The maximum absolute atomic E-state index is 12.1. The average molecular weight is 441 g/mol. The number of carboxylic acid groups (broad SMARTS) is 1. The molecule has 0 aromatic rings. The van der Waals surface area contributed by atoms with Crippen molar-refractivity contribution in [2.75, 3.05) is 13.2 Å². The van der Waals surface area contributed by atoms with Gasteiger partial charge in [0.1, 0.15) is 13.2 Å². The fraction of sp³-hybridized carbons (Fsp3) is 0.800. The lowest BCUT2D eigenvalue weighted by Crippen LogP contribution is -2.23. The van der Waals surface area contributed by atoms with Crippen LogP contribution in [0.1, 0.15) is 110 Å². The van der Waals surface area contributed by atoms with Gasteiger partial charge in [-0.3, -0.25) is 9.59 Å². The number of unbranched alkanes of at least 4 members (excludes halogenated alkanes) is 13. The number of carbonyl (C=O) groups is 3. The minimum Gasteiger partial charge on any atom is -0.481 e. The summed E-state index contributed by atoms with van der Waals surface area (Å²) in [6.07, 6.45) is 18.8. The Bertz CT molecular complexity index is 488. The number of rotatable bonds is 22. The number of esters is 2. The van der Waals surface area contributed by atoms with Crippen LogP contribution in [0.2, 0.25) is 0 Å². The molecule has 0 aliphatic heterocycles. The monoisotopic (exact) mass is 440 g/mol. The highest BCUT2D eigenvalue weighted by Gasteiger charge is 2.22. The van der Waals surface area contributed by atoms with E-state index >= 15 is 0 Å². The van der Waals surface area contributed by atoms with E-state index in [4.69, 9.17) is 14.6 Å². The number of carboxylic acids is 1. The highest BCUT2D eigenvalue weighted by Crippen LogP contribution is 2.18. The van der Waals surface area contributed by atoms with Gasteiger partial charge in [-0.25, -0.2) is 4.79 Å². The standard InChI is InChI=1S/C25H44O6/c1-3-5-6-7-8-9-10-11-12-13-14-15-16-17-18-22(21-23(26)27)25(29)31-20-19-30-24(28)4-2/h4,22H,2-3,5-21H2,1H3,(H,26,27). The quantitative estimate of drug-likeness (QED) is 0.122. The largest absolute Gasteiger partial charge is 0.481 e. The van der Waals surface area contributed by atoms with Crippen molar-refractivity contribution in [3.63, 3.8) is 0 Å². The lowest BCUT2D eigenvalue weighted by Gasteiger charge is -2.14. The Morgan fingerprint density at radius 3 is 1.68 bits per heavy atom. The van der Waals surface area contributed by atoms with E-state index in [1.165, 1.54) is 70.6 Å². The minimum absolute atomic E-state index is 0.0603. The SMILES string of the molecule is C=CC(=O)OCCOC(=O)C(CCCCCCCCCCCCCCCC)CC(=O)O. The molecule has 180 valence electrons. The minimum atomic E-state index is -1.01. The maximum Gasteiger partial charge on any atom is 0.330 e. The summed E-state index contributed by atoms with van der Waals surface area (Å²) in [6.45, 7) is 5.39. The molecule has 0 rings (SSSR count). The number of carbonyl (C=O) groups excluding carboxylic acids is 2. The molecule has 0 fully saturated rings. The Morgan fingerprint density at radius 2 is 1.23 bits per heavy atom. The third-order valence-corrected chi connectivity index (χ3v) is 5.40. The Hall–Kier alpha value is -1.85. The summed E-state index contributed by atoms with van der Waals surface area (Å²) in [5.41, 5.74) is 0. The van der Waals surface area contributed by atoms with Crippen molar-refractivity contribution < 1.29 is 29.0 Å². The van der Waals surface area contributed by atoms with Crippen molar-refractivity contribution in [1.82, 2.24) is 0 Å². The molecule has 0 heterocycles. The van der Waals surface area contributed by atoms with Crippen molar-refractivity contribution >= 4 is 17.9 Å². The topological polar surface area (TPSA) is 89.9 Å². The molecule has 0 bridgehead atoms. The van der Waals surface area contributed by atoms with E-state index in [2.05, 4.69) is 13.5 Å². The van der Waals surface area contributed by atoms with Crippen LogP contribution in [-0.2, 0) is 23.9 Å². The third kappa shape index (κ3) is 19.8. The van der Waals surface area contributed by atoms with Gasteiger partial charge in [0.25, 0.3) is 0 Å². The second kappa shape index (κ2) is 21.4. The summed E-state index contributed by atoms with van der Waals surface area (Å²) in [7, 11) is 0. The van der Waals surface area contributed by atoms with E-state index in [-0.39, 0.29) is 19.6 Å². The van der Waals surface area contributed by atoms with E-state index in [1.807, 2.05) is 0 Å². The Balaban J connectivity index is 3.73. The van der Waals surface area contributed by atoms with Crippen LogP contribution in [-0.4, -0.2) is 36.2 Å². The molecule has 0 saturated carbocycles. The lowest BCUT2D eigenvalue weighted by molar-refractivity contribution is -0.156. The molecule has 0 aromatic heterocycles. The predicted octanol–water partition coefficient (Wildman–Crippen LogP) is 6.22. The van der Waals surface area contributed by atoms with Gasteiger partial charge in [-0.1, -0.05) is 103 Å². The van der Waals surface area contributed by atoms with E-state index in [1.54, 1.807) is 0 Å². The average Bonchev–Trinajstić information content (AvgIpc) is 2.75. The van der Waals surface area contributed by atoms with Gasteiger partial charge in [0.15, 0.2) is 0 Å². The van der Waals surface area contributed by atoms with Crippen LogP contribution in [0.15, 0.2) is 12.7 Å². The molecular weight excluding hydrogens is 396 g/mol. The normalized spacial score (nSPS) is 11.6. The van der Waals surface area contributed by atoms with Crippen LogP contribution >= 0.6 is 0 Å². The molecule has 6 nitrogen and oxygen atoms in total. The summed E-state index contributed by atoms with van der Waals surface area (Å²) < 4.78 is 9.79. The molecule has 0 amide bonds. The van der Waals surface area contributed by atoms with Gasteiger partial charge in [-0.15, -0.1) is 0 Å². The summed E-state index contributed by atoms with van der Waals surface area (Å²) >= 11 is 0. The molecule has 0 spiro atoms. The number of hydrogen-bond donors (Lipinski definition) is 1. The molecule has 1 N–H and O–H groups in total. The Morgan fingerprint density at radius 1 is 0.774 bits per heavy atom. The zero-order valence-corrected chi connectivity index (χ0v) is 19.6. The van der Waals surface area contributed by atoms with Crippen LogP contribution in [0, 0.1) is 5.92 Å². The van der Waals surface area contributed by atoms with Crippen LogP contribution < -0.4 is 0 Å². The van der Waals surface area contributed by atoms with Crippen molar-refractivity contribution in [2.45, 2.75) is 110 Å². The van der Waals surface area contributed by atoms with Crippen LogP contribution in [0.4, 0.5) is 0 Å². The summed E-state index contributed by atoms with van der Waals surface area (Å²) in [5, 5.41) is 9.04. The zero-order chi connectivity index (χ0) is 23.2. The molecule has 0 saturated heterocycles. The summed E-state index contributed by atoms with van der Waals surface area (Å²) in [5.74, 6) is -2.78. The summed E-state index contributed by atoms with van der Waals surface area (Å²) in [4.78, 5) is 34.1. The van der Waals surface area contributed by atoms with Crippen molar-refractivity contribution in [3.8, 4) is 0 Å². The van der Waals surface area contributed by atoms with Gasteiger partial charge in [0.2, 0.25) is 0 Å². The third-order valence-electron chi connectivity index (χ3n) is 5.40. The highest BCUT2D eigenvalue weighted by atomic mass is 16.6. The first-order valence-electron chi connectivity index (χ1n) is 12.2. The highest BCUT2D eigenvalue weighted by molar-refractivity contribution is 5.81. The summed E-state index contributed by atoms with van der Waals surface area (Å²) in [6, 6.07) is 0. The van der Waals surface area contributed by atoms with Crippen molar-refractivity contribution in [1.29, 1.82) is 0 Å². The predicted molar refractivity (Wildman–Crippen MR) is 123 cm³/mol. The Kier molecular flexibility index (Phi) is 20.1. The second-order valence-corrected chi connectivity index (χ2v) is 8.22. The molecule has 0 aliphatic rings. The van der Waals surface area contributed by atoms with Crippen LogP contribution in [0.25, 0.3) is 0 Å². The number of hydrogen-bond acceptors (Lipinski definition) is 5.